The van der Waals surface area contributed by atoms with Crippen LogP contribution in [0.25, 0.3) is 11.1 Å². The lowest BCUT2D eigenvalue weighted by Gasteiger charge is -2.18. The van der Waals surface area contributed by atoms with Crippen molar-refractivity contribution in [3.8, 4) is 11.5 Å². The van der Waals surface area contributed by atoms with E-state index in [1.807, 2.05) is 26.2 Å². The Morgan fingerprint density at radius 1 is 0.833 bits per heavy atom. The molecule has 1 fully saturated rings. The molecule has 186 valence electrons. The first-order valence-electron chi connectivity index (χ1n) is 13.1. The highest BCUT2D eigenvalue weighted by atomic mass is 16.5. The number of hydrogen-bond acceptors (Lipinski definition) is 4. The number of hydrogen-bond donors (Lipinski definition) is 0. The SMILES string of the molecule is CN(C)CCOc1ccc(C(=C2CCCCc3ccccc32)c2ccc(OC(=O)C3CC3)cc2)cc1. The highest BCUT2D eigenvalue weighted by Crippen LogP contribution is 2.40. The minimum atomic E-state index is -0.108. The lowest BCUT2D eigenvalue weighted by molar-refractivity contribution is -0.135. The average Bonchev–Trinajstić information content (AvgIpc) is 3.74. The number of rotatable bonds is 8. The maximum absolute atomic E-state index is 12.1. The summed E-state index contributed by atoms with van der Waals surface area (Å²) in [6, 6.07) is 25.3. The summed E-state index contributed by atoms with van der Waals surface area (Å²) < 4.78 is 11.5. The summed E-state index contributed by atoms with van der Waals surface area (Å²) >= 11 is 0. The van der Waals surface area contributed by atoms with Crippen LogP contribution < -0.4 is 9.47 Å². The number of likely N-dealkylation sites (N-methyl/N-ethyl adjacent to an activating group) is 1. The first kappa shape index (κ1) is 24.3. The van der Waals surface area contributed by atoms with Gasteiger partial charge in [0.1, 0.15) is 18.1 Å². The normalized spacial score (nSPS) is 16.8. The summed E-state index contributed by atoms with van der Waals surface area (Å²) in [6.07, 6.45) is 6.40. The monoisotopic (exact) mass is 481 g/mol. The van der Waals surface area contributed by atoms with E-state index in [0.29, 0.717) is 12.4 Å². The molecule has 0 N–H and O–H groups in total. The zero-order valence-corrected chi connectivity index (χ0v) is 21.3. The van der Waals surface area contributed by atoms with E-state index in [4.69, 9.17) is 9.47 Å². The molecule has 0 unspecified atom stereocenters. The van der Waals surface area contributed by atoms with Gasteiger partial charge in [0.25, 0.3) is 0 Å². The summed E-state index contributed by atoms with van der Waals surface area (Å²) in [7, 11) is 4.10. The van der Waals surface area contributed by atoms with Gasteiger partial charge in [-0.25, -0.2) is 0 Å². The first-order valence-corrected chi connectivity index (χ1v) is 13.1. The van der Waals surface area contributed by atoms with Crippen molar-refractivity contribution < 1.29 is 14.3 Å². The molecule has 4 heteroatoms. The fourth-order valence-corrected chi connectivity index (χ4v) is 4.83. The number of aryl methyl sites for hydroxylation is 1. The van der Waals surface area contributed by atoms with Crippen LogP contribution in [0.3, 0.4) is 0 Å². The van der Waals surface area contributed by atoms with Crippen LogP contribution in [0.1, 0.15) is 54.4 Å². The van der Waals surface area contributed by atoms with Gasteiger partial charge in [0, 0.05) is 6.54 Å². The molecule has 0 bridgehead atoms. The molecule has 0 radical (unpaired) electrons. The highest BCUT2D eigenvalue weighted by Gasteiger charge is 2.31. The van der Waals surface area contributed by atoms with Crippen molar-refractivity contribution in [2.45, 2.75) is 38.5 Å². The molecule has 2 aliphatic carbocycles. The summed E-state index contributed by atoms with van der Waals surface area (Å²) in [5.74, 6) is 1.48. The van der Waals surface area contributed by atoms with Crippen molar-refractivity contribution in [2.24, 2.45) is 5.92 Å². The summed E-state index contributed by atoms with van der Waals surface area (Å²) in [5, 5.41) is 0. The topological polar surface area (TPSA) is 38.8 Å². The number of esters is 1. The maximum atomic E-state index is 12.1. The lowest BCUT2D eigenvalue weighted by atomic mass is 9.86. The molecule has 3 aromatic carbocycles. The first-order chi connectivity index (χ1) is 17.6. The van der Waals surface area contributed by atoms with E-state index in [0.717, 1.165) is 50.0 Å². The number of carbonyl (C=O) groups excluding carboxylic acids is 1. The predicted octanol–water partition coefficient (Wildman–Crippen LogP) is 6.63. The molecular formula is C32H35NO3. The van der Waals surface area contributed by atoms with Crippen LogP contribution in [0, 0.1) is 5.92 Å². The van der Waals surface area contributed by atoms with Crippen molar-refractivity contribution in [3.63, 3.8) is 0 Å². The Bertz CT molecular complexity index is 1220. The highest BCUT2D eigenvalue weighted by molar-refractivity contribution is 5.99. The third-order valence-corrected chi connectivity index (χ3v) is 6.99. The number of nitrogens with zero attached hydrogens (tertiary/aromatic N) is 1. The molecular weight excluding hydrogens is 446 g/mol. The van der Waals surface area contributed by atoms with Gasteiger partial charge in [-0.3, -0.25) is 4.79 Å². The number of benzene rings is 3. The molecule has 4 nitrogen and oxygen atoms in total. The second-order valence-corrected chi connectivity index (χ2v) is 10.1. The summed E-state index contributed by atoms with van der Waals surface area (Å²) in [5.41, 5.74) is 7.69. The minimum absolute atomic E-state index is 0.0864. The van der Waals surface area contributed by atoms with Crippen molar-refractivity contribution in [2.75, 3.05) is 27.2 Å². The fourth-order valence-electron chi connectivity index (χ4n) is 4.83. The van der Waals surface area contributed by atoms with Crippen LogP contribution in [-0.2, 0) is 11.2 Å². The Labute approximate surface area is 214 Å². The molecule has 0 aliphatic heterocycles. The summed E-state index contributed by atoms with van der Waals surface area (Å²) in [6.45, 7) is 1.54. The van der Waals surface area contributed by atoms with Crippen LogP contribution in [0.2, 0.25) is 0 Å². The van der Waals surface area contributed by atoms with Gasteiger partial charge < -0.3 is 14.4 Å². The maximum Gasteiger partial charge on any atom is 0.314 e. The van der Waals surface area contributed by atoms with Gasteiger partial charge in [0.05, 0.1) is 5.92 Å². The Kier molecular flexibility index (Phi) is 7.52. The van der Waals surface area contributed by atoms with E-state index < -0.39 is 0 Å². The van der Waals surface area contributed by atoms with Crippen LogP contribution in [0.15, 0.2) is 72.8 Å². The molecule has 0 heterocycles. The van der Waals surface area contributed by atoms with E-state index in [9.17, 15) is 4.79 Å². The molecule has 1 saturated carbocycles. The molecule has 0 atom stereocenters. The van der Waals surface area contributed by atoms with Crippen LogP contribution in [0.5, 0.6) is 11.5 Å². The molecule has 0 saturated heterocycles. The van der Waals surface area contributed by atoms with Crippen molar-refractivity contribution in [1.29, 1.82) is 0 Å². The third-order valence-electron chi connectivity index (χ3n) is 6.99. The molecule has 0 amide bonds. The molecule has 5 rings (SSSR count). The van der Waals surface area contributed by atoms with E-state index in [1.54, 1.807) is 0 Å². The molecule has 3 aromatic rings. The number of ether oxygens (including phenoxy) is 2. The van der Waals surface area contributed by atoms with E-state index in [-0.39, 0.29) is 11.9 Å². The third kappa shape index (κ3) is 5.88. The van der Waals surface area contributed by atoms with Gasteiger partial charge in [-0.1, -0.05) is 48.5 Å². The average molecular weight is 482 g/mol. The van der Waals surface area contributed by atoms with Gasteiger partial charge in [0.15, 0.2) is 0 Å². The van der Waals surface area contributed by atoms with Gasteiger partial charge in [-0.15, -0.1) is 0 Å². The van der Waals surface area contributed by atoms with E-state index in [1.165, 1.54) is 34.3 Å². The second kappa shape index (κ2) is 11.1. The fraction of sp³-hybridized carbons (Fsp3) is 0.344. The molecule has 0 aromatic heterocycles. The van der Waals surface area contributed by atoms with Crippen molar-refractivity contribution in [1.82, 2.24) is 4.90 Å². The number of carbonyl (C=O) groups is 1. The quantitative estimate of drug-likeness (QED) is 0.206. The molecule has 2 aliphatic rings. The zero-order chi connectivity index (χ0) is 24.9. The summed E-state index contributed by atoms with van der Waals surface area (Å²) in [4.78, 5) is 14.3. The number of allylic oxidation sites excluding steroid dienone is 1. The Morgan fingerprint density at radius 3 is 2.14 bits per heavy atom. The minimum Gasteiger partial charge on any atom is -0.492 e. The second-order valence-electron chi connectivity index (χ2n) is 10.1. The van der Waals surface area contributed by atoms with E-state index in [2.05, 4.69) is 65.6 Å². The van der Waals surface area contributed by atoms with Crippen LogP contribution in [0.4, 0.5) is 0 Å². The van der Waals surface area contributed by atoms with Crippen molar-refractivity contribution in [3.05, 3.63) is 95.1 Å². The van der Waals surface area contributed by atoms with Gasteiger partial charge >= 0.3 is 5.97 Å². The Balaban J connectivity index is 1.51. The van der Waals surface area contributed by atoms with Gasteiger partial charge in [-0.05, 0) is 110 Å². The van der Waals surface area contributed by atoms with Crippen LogP contribution >= 0.6 is 0 Å². The lowest BCUT2D eigenvalue weighted by Crippen LogP contribution is -2.19. The molecule has 36 heavy (non-hydrogen) atoms. The largest absolute Gasteiger partial charge is 0.492 e. The van der Waals surface area contributed by atoms with Crippen LogP contribution in [-0.4, -0.2) is 38.1 Å². The molecule has 0 spiro atoms. The van der Waals surface area contributed by atoms with E-state index >= 15 is 0 Å². The Hall–Kier alpha value is -3.37. The zero-order valence-electron chi connectivity index (χ0n) is 21.3. The standard InChI is InChI=1S/C32H35NO3/c1-33(2)21-22-35-27-17-13-24(14-18-27)31(30-10-6-4-8-23-7-3-5-9-29(23)30)25-15-19-28(20-16-25)36-32(34)26-11-12-26/h3,5,7,9,13-20,26H,4,6,8,10-12,21-22H2,1-2H3. The Morgan fingerprint density at radius 2 is 1.47 bits per heavy atom. The van der Waals surface area contributed by atoms with Gasteiger partial charge in [-0.2, -0.15) is 0 Å². The number of fused-ring (bicyclic) bond motifs is 1. The smallest absolute Gasteiger partial charge is 0.314 e. The predicted molar refractivity (Wildman–Crippen MR) is 145 cm³/mol. The van der Waals surface area contributed by atoms with Gasteiger partial charge in [0.2, 0.25) is 0 Å². The van der Waals surface area contributed by atoms with Crippen molar-refractivity contribution >= 4 is 17.1 Å².